The molecule has 6 nitrogen and oxygen atoms in total. The van der Waals surface area contributed by atoms with E-state index in [2.05, 4.69) is 22.5 Å². The number of aliphatic hydroxyl groups is 1. The summed E-state index contributed by atoms with van der Waals surface area (Å²) in [5, 5.41) is 21.4. The van der Waals surface area contributed by atoms with E-state index in [1.165, 1.54) is 0 Å². The summed E-state index contributed by atoms with van der Waals surface area (Å²) >= 11 is 0. The van der Waals surface area contributed by atoms with Crippen LogP contribution in [-0.2, 0) is 4.79 Å². The van der Waals surface area contributed by atoms with Crippen LogP contribution in [0.1, 0.15) is 37.9 Å². The first-order chi connectivity index (χ1) is 14.0. The van der Waals surface area contributed by atoms with E-state index in [1.807, 2.05) is 12.1 Å². The van der Waals surface area contributed by atoms with Gasteiger partial charge in [0.05, 0.1) is 11.6 Å². The van der Waals surface area contributed by atoms with Crippen molar-refractivity contribution in [2.75, 3.05) is 13.1 Å². The van der Waals surface area contributed by atoms with Crippen molar-refractivity contribution in [3.05, 3.63) is 48.7 Å². The molecule has 1 aromatic carbocycles. The number of aliphatic carboxylic acids is 1. The molecule has 29 heavy (non-hydrogen) atoms. The molecule has 0 amide bonds. The van der Waals surface area contributed by atoms with Crippen LogP contribution >= 0.6 is 0 Å². The lowest BCUT2D eigenvalue weighted by Crippen LogP contribution is -2.54. The number of hydrogen-bond donors (Lipinski definition) is 2. The maximum Gasteiger partial charge on any atom is 0.344 e. The fraction of sp³-hybridized carbons (Fsp3) is 0.478. The van der Waals surface area contributed by atoms with Crippen LogP contribution in [0.2, 0.25) is 0 Å². The summed E-state index contributed by atoms with van der Waals surface area (Å²) in [6, 6.07) is 7.28. The predicted octanol–water partition coefficient (Wildman–Crippen LogP) is 3.41. The maximum atomic E-state index is 11.3. The normalized spacial score (nSPS) is 28.1. The molecule has 3 saturated heterocycles. The van der Waals surface area contributed by atoms with Crippen molar-refractivity contribution in [2.24, 2.45) is 11.8 Å². The summed E-state index contributed by atoms with van der Waals surface area (Å²) in [5.74, 6) is 0.570. The standard InChI is InChI=1S/C23H28N2O4/c1-3-14-13-25-10-8-15(14)11-20(25)22(26)17-7-9-24-19-6-5-16(12-18(17)19)29-21(4-2)23(27)28/h3,5-7,9,12,14-15,20-22,26H,1,4,8,10-11,13H2,2H3,(H,27,28)/t14-,15-,20+,21?,22?/m0/s1. The van der Waals surface area contributed by atoms with Crippen LogP contribution < -0.4 is 4.74 Å². The van der Waals surface area contributed by atoms with Crippen LogP contribution in [0.15, 0.2) is 43.1 Å². The molecule has 0 aliphatic carbocycles. The van der Waals surface area contributed by atoms with Gasteiger partial charge in [-0.05, 0) is 67.5 Å². The molecular formula is C23H28N2O4. The Bertz CT molecular complexity index is 915. The van der Waals surface area contributed by atoms with Crippen molar-refractivity contribution in [1.82, 2.24) is 9.88 Å². The highest BCUT2D eigenvalue weighted by molar-refractivity contribution is 5.84. The zero-order valence-electron chi connectivity index (χ0n) is 16.7. The number of pyridine rings is 1. The molecule has 1 aromatic heterocycles. The second-order valence-corrected chi connectivity index (χ2v) is 8.12. The molecule has 2 aromatic rings. The van der Waals surface area contributed by atoms with Crippen LogP contribution in [-0.4, -0.2) is 51.3 Å². The Hall–Kier alpha value is -2.44. The van der Waals surface area contributed by atoms with Crippen molar-refractivity contribution in [3.8, 4) is 5.75 Å². The van der Waals surface area contributed by atoms with E-state index in [1.54, 1.807) is 25.3 Å². The zero-order valence-corrected chi connectivity index (χ0v) is 16.7. The van der Waals surface area contributed by atoms with Crippen LogP contribution in [0.25, 0.3) is 10.9 Å². The second kappa shape index (κ2) is 8.13. The van der Waals surface area contributed by atoms with Crippen molar-refractivity contribution in [2.45, 2.75) is 44.4 Å². The van der Waals surface area contributed by atoms with Gasteiger partial charge in [0.2, 0.25) is 0 Å². The highest BCUT2D eigenvalue weighted by Crippen LogP contribution is 2.42. The predicted molar refractivity (Wildman–Crippen MR) is 111 cm³/mol. The molecule has 3 fully saturated rings. The van der Waals surface area contributed by atoms with Crippen molar-refractivity contribution in [3.63, 3.8) is 0 Å². The Kier molecular flexibility index (Phi) is 5.56. The summed E-state index contributed by atoms with van der Waals surface area (Å²) in [5.41, 5.74) is 1.58. The number of nitrogens with zero attached hydrogens (tertiary/aromatic N) is 2. The summed E-state index contributed by atoms with van der Waals surface area (Å²) in [4.78, 5) is 18.1. The molecule has 6 heteroatoms. The first kappa shape index (κ1) is 19.9. The van der Waals surface area contributed by atoms with Crippen molar-refractivity contribution < 1.29 is 19.7 Å². The van der Waals surface area contributed by atoms with E-state index in [0.717, 1.165) is 42.4 Å². The zero-order chi connectivity index (χ0) is 20.5. The Morgan fingerprint density at radius 2 is 2.28 bits per heavy atom. The SMILES string of the molecule is C=C[C@H]1CN2CC[C@H]1C[C@@H]2C(O)c1ccnc2ccc(OC(CC)C(=O)O)cc12. The minimum Gasteiger partial charge on any atom is -0.479 e. The van der Waals surface area contributed by atoms with E-state index < -0.39 is 18.2 Å². The van der Waals surface area contributed by atoms with Crippen LogP contribution in [0.5, 0.6) is 5.75 Å². The molecule has 4 heterocycles. The first-order valence-corrected chi connectivity index (χ1v) is 10.3. The monoisotopic (exact) mass is 396 g/mol. The third-order valence-corrected chi connectivity index (χ3v) is 6.51. The van der Waals surface area contributed by atoms with Gasteiger partial charge < -0.3 is 14.9 Å². The minimum atomic E-state index is -0.984. The number of carboxylic acid groups (broad SMARTS) is 1. The molecule has 3 aliphatic rings. The summed E-state index contributed by atoms with van der Waals surface area (Å²) in [6.45, 7) is 7.70. The van der Waals surface area contributed by atoms with Crippen LogP contribution in [0, 0.1) is 11.8 Å². The van der Waals surface area contributed by atoms with Crippen molar-refractivity contribution >= 4 is 16.9 Å². The number of aromatic nitrogens is 1. The van der Waals surface area contributed by atoms with E-state index in [9.17, 15) is 15.0 Å². The Morgan fingerprint density at radius 3 is 2.93 bits per heavy atom. The molecule has 2 N–H and O–H groups in total. The van der Waals surface area contributed by atoms with Crippen molar-refractivity contribution in [1.29, 1.82) is 0 Å². The third-order valence-electron chi connectivity index (χ3n) is 6.51. The van der Waals surface area contributed by atoms with Gasteiger partial charge in [-0.15, -0.1) is 6.58 Å². The van der Waals surface area contributed by atoms with Crippen LogP contribution in [0.4, 0.5) is 0 Å². The lowest BCUT2D eigenvalue weighted by atomic mass is 9.73. The number of ether oxygens (including phenoxy) is 1. The van der Waals surface area contributed by atoms with E-state index in [4.69, 9.17) is 4.74 Å². The number of piperidine rings is 3. The molecule has 0 saturated carbocycles. The van der Waals surface area contributed by atoms with Gasteiger partial charge in [-0.2, -0.15) is 0 Å². The lowest BCUT2D eigenvalue weighted by molar-refractivity contribution is -0.145. The van der Waals surface area contributed by atoms with Gasteiger partial charge in [-0.25, -0.2) is 4.79 Å². The van der Waals surface area contributed by atoms with E-state index >= 15 is 0 Å². The third kappa shape index (κ3) is 3.74. The number of carboxylic acids is 1. The lowest BCUT2D eigenvalue weighted by Gasteiger charge is -2.50. The molecule has 5 rings (SSSR count). The summed E-state index contributed by atoms with van der Waals surface area (Å²) in [6.07, 6.45) is 4.73. The number of carbonyl (C=O) groups is 1. The molecule has 3 aliphatic heterocycles. The molecule has 6 atom stereocenters. The quantitative estimate of drug-likeness (QED) is 0.698. The Morgan fingerprint density at radius 1 is 1.45 bits per heavy atom. The average Bonchev–Trinajstić information content (AvgIpc) is 2.76. The number of hydrogen-bond acceptors (Lipinski definition) is 5. The first-order valence-electron chi connectivity index (χ1n) is 10.3. The fourth-order valence-corrected chi connectivity index (χ4v) is 4.86. The summed E-state index contributed by atoms with van der Waals surface area (Å²) in [7, 11) is 0. The summed E-state index contributed by atoms with van der Waals surface area (Å²) < 4.78 is 5.66. The van der Waals surface area contributed by atoms with Gasteiger partial charge in [0.1, 0.15) is 5.75 Å². The molecular weight excluding hydrogens is 368 g/mol. The second-order valence-electron chi connectivity index (χ2n) is 8.12. The molecule has 2 bridgehead atoms. The number of rotatable bonds is 7. The highest BCUT2D eigenvalue weighted by atomic mass is 16.5. The fourth-order valence-electron chi connectivity index (χ4n) is 4.86. The highest BCUT2D eigenvalue weighted by Gasteiger charge is 2.42. The van der Waals surface area contributed by atoms with Gasteiger partial charge in [-0.3, -0.25) is 9.88 Å². The topological polar surface area (TPSA) is 82.9 Å². The smallest absolute Gasteiger partial charge is 0.344 e. The van der Waals surface area contributed by atoms with E-state index in [0.29, 0.717) is 24.0 Å². The maximum absolute atomic E-state index is 11.3. The minimum absolute atomic E-state index is 0.0718. The molecule has 3 unspecified atom stereocenters. The van der Waals surface area contributed by atoms with Gasteiger partial charge in [0.25, 0.3) is 0 Å². The van der Waals surface area contributed by atoms with Gasteiger partial charge in [0, 0.05) is 24.2 Å². The number of aliphatic hydroxyl groups excluding tert-OH is 1. The molecule has 0 radical (unpaired) electrons. The van der Waals surface area contributed by atoms with Crippen LogP contribution in [0.3, 0.4) is 0 Å². The largest absolute Gasteiger partial charge is 0.479 e. The Labute approximate surface area is 170 Å². The molecule has 154 valence electrons. The van der Waals surface area contributed by atoms with Gasteiger partial charge in [0.15, 0.2) is 6.10 Å². The molecule has 0 spiro atoms. The van der Waals surface area contributed by atoms with Gasteiger partial charge >= 0.3 is 5.97 Å². The van der Waals surface area contributed by atoms with Gasteiger partial charge in [-0.1, -0.05) is 13.0 Å². The van der Waals surface area contributed by atoms with E-state index in [-0.39, 0.29) is 6.04 Å². The Balaban J connectivity index is 1.64. The average molecular weight is 396 g/mol. The number of fused-ring (bicyclic) bond motifs is 4. The number of benzene rings is 1.